The molecule has 0 spiro atoms. The van der Waals surface area contributed by atoms with Gasteiger partial charge in [-0.15, -0.1) is 10.2 Å². The molecule has 8 nitrogen and oxygen atoms in total. The van der Waals surface area contributed by atoms with Crippen LogP contribution in [-0.4, -0.2) is 44.4 Å². The Hall–Kier alpha value is -3.00. The summed E-state index contributed by atoms with van der Waals surface area (Å²) in [5.74, 6) is 0.833. The second-order valence-corrected chi connectivity index (χ2v) is 6.45. The van der Waals surface area contributed by atoms with E-state index in [1.165, 1.54) is 0 Å². The maximum Gasteiger partial charge on any atom is 0.247 e. The standard InChI is InChI=1S/C19H24N6O2/c1-5-25-14(3)18(13(2)23-25)20-16(26)11-24(4)12-17-21-22-19(27-17)15-9-7-6-8-10-15/h6-10H,5,11-12H2,1-4H3,(H,20,26). The number of hydrogen-bond donors (Lipinski definition) is 1. The van der Waals surface area contributed by atoms with Crippen molar-refractivity contribution < 1.29 is 9.21 Å². The first-order valence-corrected chi connectivity index (χ1v) is 8.88. The zero-order chi connectivity index (χ0) is 19.4. The van der Waals surface area contributed by atoms with Gasteiger partial charge in [0, 0.05) is 12.1 Å². The van der Waals surface area contributed by atoms with E-state index < -0.39 is 0 Å². The van der Waals surface area contributed by atoms with E-state index in [9.17, 15) is 4.79 Å². The molecular formula is C19H24N6O2. The topological polar surface area (TPSA) is 89.1 Å². The number of likely N-dealkylation sites (N-methyl/N-ethyl adjacent to an activating group) is 1. The Labute approximate surface area is 158 Å². The number of amides is 1. The monoisotopic (exact) mass is 368 g/mol. The minimum Gasteiger partial charge on any atom is -0.419 e. The average molecular weight is 368 g/mol. The first-order valence-electron chi connectivity index (χ1n) is 8.88. The molecule has 0 unspecified atom stereocenters. The second-order valence-electron chi connectivity index (χ2n) is 6.45. The molecule has 2 heterocycles. The van der Waals surface area contributed by atoms with Gasteiger partial charge in [0.05, 0.1) is 30.2 Å². The Bertz CT molecular complexity index is 916. The molecule has 2 aromatic heterocycles. The van der Waals surface area contributed by atoms with Gasteiger partial charge in [0.2, 0.25) is 17.7 Å². The van der Waals surface area contributed by atoms with E-state index in [2.05, 4.69) is 20.6 Å². The first kappa shape index (κ1) is 18.8. The lowest BCUT2D eigenvalue weighted by atomic mass is 10.2. The highest BCUT2D eigenvalue weighted by Gasteiger charge is 2.16. The fourth-order valence-corrected chi connectivity index (χ4v) is 2.91. The van der Waals surface area contributed by atoms with E-state index in [4.69, 9.17) is 4.42 Å². The van der Waals surface area contributed by atoms with Crippen LogP contribution in [0.15, 0.2) is 34.7 Å². The van der Waals surface area contributed by atoms with Crippen LogP contribution in [0.3, 0.4) is 0 Å². The molecule has 8 heteroatoms. The van der Waals surface area contributed by atoms with E-state index in [0.717, 1.165) is 29.2 Å². The van der Waals surface area contributed by atoms with Gasteiger partial charge in [0.1, 0.15) is 0 Å². The Balaban J connectivity index is 1.58. The molecule has 142 valence electrons. The van der Waals surface area contributed by atoms with Gasteiger partial charge in [-0.1, -0.05) is 18.2 Å². The normalized spacial score (nSPS) is 11.1. The SMILES string of the molecule is CCn1nc(C)c(NC(=O)CN(C)Cc2nnc(-c3ccccc3)o2)c1C. The maximum absolute atomic E-state index is 12.4. The van der Waals surface area contributed by atoms with Crippen LogP contribution in [0.5, 0.6) is 0 Å². The Morgan fingerprint density at radius 1 is 1.22 bits per heavy atom. The highest BCUT2D eigenvalue weighted by atomic mass is 16.4. The molecule has 3 aromatic rings. The van der Waals surface area contributed by atoms with Gasteiger partial charge in [0.15, 0.2) is 0 Å². The lowest BCUT2D eigenvalue weighted by Gasteiger charge is -2.14. The van der Waals surface area contributed by atoms with Crippen molar-refractivity contribution in [1.82, 2.24) is 24.9 Å². The lowest BCUT2D eigenvalue weighted by molar-refractivity contribution is -0.117. The van der Waals surface area contributed by atoms with Crippen LogP contribution in [0.25, 0.3) is 11.5 Å². The van der Waals surface area contributed by atoms with E-state index >= 15 is 0 Å². The minimum absolute atomic E-state index is 0.109. The first-order chi connectivity index (χ1) is 13.0. The number of benzene rings is 1. The van der Waals surface area contributed by atoms with Gasteiger partial charge >= 0.3 is 0 Å². The molecule has 0 saturated carbocycles. The second kappa shape index (κ2) is 8.13. The maximum atomic E-state index is 12.4. The van der Waals surface area contributed by atoms with Crippen LogP contribution < -0.4 is 5.32 Å². The van der Waals surface area contributed by atoms with Crippen LogP contribution >= 0.6 is 0 Å². The number of aryl methyl sites for hydroxylation is 2. The summed E-state index contributed by atoms with van der Waals surface area (Å²) in [7, 11) is 1.83. The molecule has 3 rings (SSSR count). The molecule has 0 aliphatic rings. The quantitative estimate of drug-likeness (QED) is 0.690. The van der Waals surface area contributed by atoms with Crippen molar-refractivity contribution in [3.8, 4) is 11.5 Å². The van der Waals surface area contributed by atoms with E-state index in [0.29, 0.717) is 18.3 Å². The van der Waals surface area contributed by atoms with Crippen LogP contribution in [0, 0.1) is 13.8 Å². The highest BCUT2D eigenvalue weighted by Crippen LogP contribution is 2.20. The van der Waals surface area contributed by atoms with Crippen LogP contribution in [-0.2, 0) is 17.9 Å². The number of carbonyl (C=O) groups excluding carboxylic acids is 1. The third kappa shape index (κ3) is 4.40. The highest BCUT2D eigenvalue weighted by molar-refractivity contribution is 5.93. The average Bonchev–Trinajstić information content (AvgIpc) is 3.22. The molecule has 0 aliphatic carbocycles. The zero-order valence-corrected chi connectivity index (χ0v) is 16.1. The van der Waals surface area contributed by atoms with E-state index in [-0.39, 0.29) is 12.5 Å². The zero-order valence-electron chi connectivity index (χ0n) is 16.1. The number of hydrogen-bond acceptors (Lipinski definition) is 6. The molecule has 1 aromatic carbocycles. The van der Waals surface area contributed by atoms with Crippen molar-refractivity contribution in [3.63, 3.8) is 0 Å². The van der Waals surface area contributed by atoms with E-state index in [1.807, 2.05) is 67.7 Å². The Morgan fingerprint density at radius 3 is 2.63 bits per heavy atom. The summed E-state index contributed by atoms with van der Waals surface area (Å²) in [6.45, 7) is 7.23. The molecule has 1 N–H and O–H groups in total. The molecular weight excluding hydrogens is 344 g/mol. The number of aromatic nitrogens is 4. The molecule has 0 fully saturated rings. The number of nitrogens with zero attached hydrogens (tertiary/aromatic N) is 5. The van der Waals surface area contributed by atoms with Crippen molar-refractivity contribution in [1.29, 1.82) is 0 Å². The predicted octanol–water partition coefficient (Wildman–Crippen LogP) is 2.64. The molecule has 0 bridgehead atoms. The third-order valence-corrected chi connectivity index (χ3v) is 4.25. The summed E-state index contributed by atoms with van der Waals surface area (Å²) < 4.78 is 7.56. The van der Waals surface area contributed by atoms with Crippen LogP contribution in [0.4, 0.5) is 5.69 Å². The van der Waals surface area contributed by atoms with Crippen LogP contribution in [0.2, 0.25) is 0 Å². The molecule has 0 saturated heterocycles. The molecule has 27 heavy (non-hydrogen) atoms. The van der Waals surface area contributed by atoms with Crippen LogP contribution in [0.1, 0.15) is 24.2 Å². The van der Waals surface area contributed by atoms with Crippen molar-refractivity contribution in [2.24, 2.45) is 0 Å². The lowest BCUT2D eigenvalue weighted by Crippen LogP contribution is -2.30. The van der Waals surface area contributed by atoms with Gasteiger partial charge < -0.3 is 9.73 Å². The number of anilines is 1. The van der Waals surface area contributed by atoms with Gasteiger partial charge in [-0.3, -0.25) is 14.4 Å². The van der Waals surface area contributed by atoms with Crippen molar-refractivity contribution in [2.45, 2.75) is 33.9 Å². The fourth-order valence-electron chi connectivity index (χ4n) is 2.91. The van der Waals surface area contributed by atoms with E-state index in [1.54, 1.807) is 0 Å². The summed E-state index contributed by atoms with van der Waals surface area (Å²) in [6.07, 6.45) is 0. The molecule has 1 amide bonds. The van der Waals surface area contributed by atoms with Crippen molar-refractivity contribution >= 4 is 11.6 Å². The summed E-state index contributed by atoms with van der Waals surface area (Å²) in [5.41, 5.74) is 3.42. The molecule has 0 atom stereocenters. The van der Waals surface area contributed by atoms with Gasteiger partial charge in [-0.05, 0) is 40.0 Å². The Kier molecular flexibility index (Phi) is 5.66. The predicted molar refractivity (Wildman–Crippen MR) is 102 cm³/mol. The Morgan fingerprint density at radius 2 is 1.96 bits per heavy atom. The summed E-state index contributed by atoms with van der Waals surface area (Å²) in [6, 6.07) is 9.59. The van der Waals surface area contributed by atoms with Crippen molar-refractivity contribution in [2.75, 3.05) is 18.9 Å². The third-order valence-electron chi connectivity index (χ3n) is 4.25. The number of rotatable bonds is 7. The van der Waals surface area contributed by atoms with Crippen molar-refractivity contribution in [3.05, 3.63) is 47.6 Å². The number of nitrogens with one attached hydrogen (secondary N) is 1. The number of carbonyl (C=O) groups is 1. The molecule has 0 radical (unpaired) electrons. The van der Waals surface area contributed by atoms with Gasteiger partial charge in [-0.2, -0.15) is 5.10 Å². The summed E-state index contributed by atoms with van der Waals surface area (Å²) >= 11 is 0. The summed E-state index contributed by atoms with van der Waals surface area (Å²) in [4.78, 5) is 14.2. The van der Waals surface area contributed by atoms with Gasteiger partial charge in [-0.25, -0.2) is 0 Å². The van der Waals surface area contributed by atoms with Gasteiger partial charge in [0.25, 0.3) is 0 Å². The largest absolute Gasteiger partial charge is 0.419 e. The fraction of sp³-hybridized carbons (Fsp3) is 0.368. The summed E-state index contributed by atoms with van der Waals surface area (Å²) in [5, 5.41) is 15.5. The minimum atomic E-state index is -0.109. The molecule has 0 aliphatic heterocycles. The smallest absolute Gasteiger partial charge is 0.247 e.